The van der Waals surface area contributed by atoms with Gasteiger partial charge in [0.15, 0.2) is 0 Å². The minimum absolute atomic E-state index is 0.143. The van der Waals surface area contributed by atoms with Gasteiger partial charge in [-0.05, 0) is 74.6 Å². The molecule has 0 aliphatic carbocycles. The van der Waals surface area contributed by atoms with Gasteiger partial charge in [-0.1, -0.05) is 17.4 Å². The van der Waals surface area contributed by atoms with Crippen LogP contribution in [0.1, 0.15) is 31.2 Å². The minimum Gasteiger partial charge on any atom is -0.492 e. The predicted octanol–water partition coefficient (Wildman–Crippen LogP) is 4.32. The first-order chi connectivity index (χ1) is 15.8. The van der Waals surface area contributed by atoms with Gasteiger partial charge in [0, 0.05) is 24.7 Å². The third kappa shape index (κ3) is 5.16. The molecule has 1 N–H and O–H groups in total. The van der Waals surface area contributed by atoms with Crippen molar-refractivity contribution in [3.8, 4) is 16.7 Å². The number of aromatic nitrogens is 1. The topological polar surface area (TPSA) is 80.8 Å². The Kier molecular flexibility index (Phi) is 6.30. The van der Waals surface area contributed by atoms with E-state index in [1.54, 1.807) is 4.31 Å². The second-order valence-corrected chi connectivity index (χ2v) is 11.9. The highest BCUT2D eigenvalue weighted by atomic mass is 32.2. The molecule has 0 radical (unpaired) electrons. The maximum absolute atomic E-state index is 12.0. The van der Waals surface area contributed by atoms with Gasteiger partial charge in [0.1, 0.15) is 18.1 Å². The summed E-state index contributed by atoms with van der Waals surface area (Å²) in [5.41, 5.74) is 2.16. The molecule has 0 spiro atoms. The highest BCUT2D eigenvalue weighted by Gasteiger charge is 2.44. The standard InChI is InChI=1S/C24H29N3O4S2/c1-16-3-10-22-23(13-16)32-24(26-22)31-21-8-6-20(7-9-21)30-12-11-25-17-14-18-4-5-19(15-17)27(18)33(2,28)29/h3,6-10,13,17-19,25H,4-5,11-12,14-15H2,1-2H3/t17-,18+,19-. The van der Waals surface area contributed by atoms with Crippen molar-refractivity contribution in [2.75, 3.05) is 19.4 Å². The molecule has 9 heteroatoms. The monoisotopic (exact) mass is 487 g/mol. The second-order valence-electron chi connectivity index (χ2n) is 8.97. The lowest BCUT2D eigenvalue weighted by Gasteiger charge is -2.37. The molecule has 2 saturated heterocycles. The molecule has 2 aliphatic heterocycles. The van der Waals surface area contributed by atoms with E-state index in [4.69, 9.17) is 9.47 Å². The van der Waals surface area contributed by atoms with Gasteiger partial charge in [0.05, 0.1) is 16.5 Å². The fourth-order valence-corrected chi connectivity index (χ4v) is 7.43. The number of hydrogen-bond acceptors (Lipinski definition) is 7. The number of fused-ring (bicyclic) bond motifs is 3. The quantitative estimate of drug-likeness (QED) is 0.477. The zero-order valence-electron chi connectivity index (χ0n) is 18.9. The normalized spacial score (nSPS) is 23.2. The fourth-order valence-electron chi connectivity index (χ4n) is 5.03. The number of sulfonamides is 1. The van der Waals surface area contributed by atoms with Gasteiger partial charge < -0.3 is 14.8 Å². The van der Waals surface area contributed by atoms with Crippen LogP contribution in [0.5, 0.6) is 16.7 Å². The average molecular weight is 488 g/mol. The van der Waals surface area contributed by atoms with Crippen molar-refractivity contribution in [2.45, 2.75) is 50.7 Å². The Morgan fingerprint density at radius 3 is 2.48 bits per heavy atom. The van der Waals surface area contributed by atoms with Crippen LogP contribution in [0, 0.1) is 6.92 Å². The smallest absolute Gasteiger partial charge is 0.279 e. The third-order valence-corrected chi connectivity index (χ3v) is 8.66. The summed E-state index contributed by atoms with van der Waals surface area (Å²) < 4.78 is 38.7. The molecule has 5 rings (SSSR count). The van der Waals surface area contributed by atoms with E-state index in [2.05, 4.69) is 29.4 Å². The summed E-state index contributed by atoms with van der Waals surface area (Å²) in [6.45, 7) is 3.35. The van der Waals surface area contributed by atoms with Crippen LogP contribution in [-0.4, -0.2) is 55.2 Å². The van der Waals surface area contributed by atoms with E-state index < -0.39 is 10.0 Å². The van der Waals surface area contributed by atoms with Gasteiger partial charge in [-0.2, -0.15) is 4.31 Å². The largest absolute Gasteiger partial charge is 0.492 e. The molecule has 2 aromatic carbocycles. The lowest BCUT2D eigenvalue weighted by Crippen LogP contribution is -2.51. The Morgan fingerprint density at radius 1 is 1.09 bits per heavy atom. The number of rotatable bonds is 8. The van der Waals surface area contributed by atoms with Crippen LogP contribution < -0.4 is 14.8 Å². The van der Waals surface area contributed by atoms with Crippen LogP contribution in [0.4, 0.5) is 0 Å². The lowest BCUT2D eigenvalue weighted by molar-refractivity contribution is 0.201. The number of thiazole rings is 1. The molecule has 2 bridgehead atoms. The number of nitrogens with zero attached hydrogens (tertiary/aromatic N) is 2. The van der Waals surface area contributed by atoms with Crippen LogP contribution >= 0.6 is 11.3 Å². The Morgan fingerprint density at radius 2 is 1.79 bits per heavy atom. The van der Waals surface area contributed by atoms with Crippen molar-refractivity contribution in [3.63, 3.8) is 0 Å². The molecule has 3 heterocycles. The van der Waals surface area contributed by atoms with Crippen LogP contribution in [0.15, 0.2) is 42.5 Å². The summed E-state index contributed by atoms with van der Waals surface area (Å²) in [6, 6.07) is 14.4. The van der Waals surface area contributed by atoms with Gasteiger partial charge in [0.25, 0.3) is 5.19 Å². The van der Waals surface area contributed by atoms with E-state index in [-0.39, 0.29) is 12.1 Å². The van der Waals surface area contributed by atoms with Crippen molar-refractivity contribution in [2.24, 2.45) is 0 Å². The minimum atomic E-state index is -3.11. The zero-order valence-corrected chi connectivity index (χ0v) is 20.5. The van der Waals surface area contributed by atoms with E-state index in [1.807, 2.05) is 30.3 Å². The van der Waals surface area contributed by atoms with Gasteiger partial charge >= 0.3 is 0 Å². The molecule has 2 fully saturated rings. The Labute approximate surface area is 198 Å². The van der Waals surface area contributed by atoms with Crippen molar-refractivity contribution >= 4 is 31.6 Å². The summed E-state index contributed by atoms with van der Waals surface area (Å²) in [4.78, 5) is 4.53. The average Bonchev–Trinajstić information content (AvgIpc) is 3.29. The molecule has 7 nitrogen and oxygen atoms in total. The van der Waals surface area contributed by atoms with Gasteiger partial charge in [-0.25, -0.2) is 13.4 Å². The van der Waals surface area contributed by atoms with E-state index >= 15 is 0 Å². The maximum Gasteiger partial charge on any atom is 0.279 e. The van der Waals surface area contributed by atoms with Crippen molar-refractivity contribution < 1.29 is 17.9 Å². The number of hydrogen-bond donors (Lipinski definition) is 1. The van der Waals surface area contributed by atoms with E-state index in [9.17, 15) is 8.42 Å². The molecule has 0 unspecified atom stereocenters. The molecular formula is C24H29N3O4S2. The van der Waals surface area contributed by atoms with Crippen molar-refractivity contribution in [1.29, 1.82) is 0 Å². The molecule has 1 aromatic heterocycles. The fraction of sp³-hybridized carbons (Fsp3) is 0.458. The van der Waals surface area contributed by atoms with Crippen molar-refractivity contribution in [1.82, 2.24) is 14.6 Å². The van der Waals surface area contributed by atoms with Crippen LogP contribution in [0.25, 0.3) is 10.2 Å². The predicted molar refractivity (Wildman–Crippen MR) is 131 cm³/mol. The Bertz CT molecular complexity index is 1210. The molecule has 3 atom stereocenters. The van der Waals surface area contributed by atoms with Crippen LogP contribution in [0.3, 0.4) is 0 Å². The highest BCUT2D eigenvalue weighted by Crippen LogP contribution is 2.37. The summed E-state index contributed by atoms with van der Waals surface area (Å²) in [5.74, 6) is 1.51. The first-order valence-corrected chi connectivity index (χ1v) is 14.0. The van der Waals surface area contributed by atoms with E-state index in [1.165, 1.54) is 23.2 Å². The summed E-state index contributed by atoms with van der Waals surface area (Å²) in [5, 5.41) is 4.18. The van der Waals surface area contributed by atoms with Gasteiger partial charge in [-0.15, -0.1) is 0 Å². The van der Waals surface area contributed by atoms with Crippen molar-refractivity contribution in [3.05, 3.63) is 48.0 Å². The lowest BCUT2D eigenvalue weighted by atomic mass is 10.00. The number of piperidine rings is 1. The molecule has 33 heavy (non-hydrogen) atoms. The van der Waals surface area contributed by atoms with Crippen LogP contribution in [-0.2, 0) is 10.0 Å². The first kappa shape index (κ1) is 22.6. The summed E-state index contributed by atoms with van der Waals surface area (Å²) in [6.07, 6.45) is 5.02. The van der Waals surface area contributed by atoms with Crippen LogP contribution in [0.2, 0.25) is 0 Å². The second kappa shape index (κ2) is 9.21. The molecule has 0 saturated carbocycles. The van der Waals surface area contributed by atoms with E-state index in [0.717, 1.165) is 53.9 Å². The van der Waals surface area contributed by atoms with E-state index in [0.29, 0.717) is 17.8 Å². The third-order valence-electron chi connectivity index (χ3n) is 6.41. The molecule has 0 amide bonds. The molecular weight excluding hydrogens is 458 g/mol. The molecule has 3 aromatic rings. The number of benzene rings is 2. The number of ether oxygens (including phenoxy) is 2. The maximum atomic E-state index is 12.0. The highest BCUT2D eigenvalue weighted by molar-refractivity contribution is 7.88. The van der Waals surface area contributed by atoms with Gasteiger partial charge in [-0.3, -0.25) is 0 Å². The molecule has 176 valence electrons. The summed E-state index contributed by atoms with van der Waals surface area (Å²) in [7, 11) is -3.11. The van der Waals surface area contributed by atoms with Gasteiger partial charge in [0.2, 0.25) is 10.0 Å². The number of nitrogens with one attached hydrogen (secondary N) is 1. The SMILES string of the molecule is Cc1ccc2nc(Oc3ccc(OCCN[C@H]4C[C@H]5CC[C@@H](C4)N5S(C)(=O)=O)cc3)sc2c1. The Hall–Kier alpha value is -2.20. The first-order valence-electron chi connectivity index (χ1n) is 11.3. The Balaban J connectivity index is 1.08. The number of aryl methyl sites for hydroxylation is 1. The summed E-state index contributed by atoms with van der Waals surface area (Å²) >= 11 is 1.54. The molecule has 2 aliphatic rings. The zero-order chi connectivity index (χ0) is 23.0.